The van der Waals surface area contributed by atoms with Crippen LogP contribution in [0.4, 0.5) is 0 Å². The Morgan fingerprint density at radius 3 is 2.71 bits per heavy atom. The van der Waals surface area contributed by atoms with Crippen LogP contribution in [-0.4, -0.2) is 29.8 Å². The van der Waals surface area contributed by atoms with Gasteiger partial charge in [-0.1, -0.05) is 0 Å². The van der Waals surface area contributed by atoms with Crippen LogP contribution in [0.15, 0.2) is 18.2 Å². The third-order valence-corrected chi connectivity index (χ3v) is 2.88. The van der Waals surface area contributed by atoms with Crippen LogP contribution >= 0.6 is 0 Å². The lowest BCUT2D eigenvalue weighted by atomic mass is 10.1. The quantitative estimate of drug-likeness (QED) is 0.884. The highest BCUT2D eigenvalue weighted by molar-refractivity contribution is 5.76. The van der Waals surface area contributed by atoms with Gasteiger partial charge in [-0.3, -0.25) is 0 Å². The summed E-state index contributed by atoms with van der Waals surface area (Å²) in [5.74, 6) is 1.76. The summed E-state index contributed by atoms with van der Waals surface area (Å²) < 4.78 is 10.6. The molecule has 0 aliphatic rings. The van der Waals surface area contributed by atoms with Crippen LogP contribution in [0, 0.1) is 0 Å². The lowest BCUT2D eigenvalue weighted by Gasteiger charge is -2.21. The maximum absolute atomic E-state index is 5.40. The Balaban J connectivity index is 2.31. The Hall–Kier alpha value is -1.55. The number of nitrogens with zero attached hydrogens (tertiary/aromatic N) is 1. The molecular weight excluding hydrogens is 216 g/mol. The first-order chi connectivity index (χ1) is 8.04. The first-order valence-corrected chi connectivity index (χ1v) is 5.62. The lowest BCUT2D eigenvalue weighted by molar-refractivity contribution is 0.0218. The summed E-state index contributed by atoms with van der Waals surface area (Å²) in [6.45, 7) is 4.08. The number of rotatable bonds is 4. The summed E-state index contributed by atoms with van der Waals surface area (Å²) in [5.41, 5.74) is 1.73. The molecule has 2 rings (SSSR count). The topological polar surface area (TPSA) is 47.1 Å². The van der Waals surface area contributed by atoms with Crippen LogP contribution in [0.2, 0.25) is 0 Å². The number of aromatic amines is 1. The van der Waals surface area contributed by atoms with Crippen LogP contribution in [0.25, 0.3) is 11.0 Å². The molecule has 4 heteroatoms. The van der Waals surface area contributed by atoms with Crippen molar-refractivity contribution in [3.05, 3.63) is 24.0 Å². The molecule has 0 unspecified atom stereocenters. The highest BCUT2D eigenvalue weighted by Crippen LogP contribution is 2.21. The van der Waals surface area contributed by atoms with Gasteiger partial charge < -0.3 is 14.5 Å². The van der Waals surface area contributed by atoms with Gasteiger partial charge in [0.1, 0.15) is 11.6 Å². The number of nitrogens with one attached hydrogen (secondary N) is 1. The average molecular weight is 234 g/mol. The Kier molecular flexibility index (Phi) is 3.07. The Labute approximate surface area is 101 Å². The fourth-order valence-electron chi connectivity index (χ4n) is 1.73. The second kappa shape index (κ2) is 4.37. The number of hydrogen-bond donors (Lipinski definition) is 1. The molecule has 1 heterocycles. The molecule has 0 amide bonds. The number of aromatic nitrogens is 2. The lowest BCUT2D eigenvalue weighted by Crippen LogP contribution is -2.26. The van der Waals surface area contributed by atoms with Crippen molar-refractivity contribution in [3.8, 4) is 5.75 Å². The molecule has 0 aliphatic carbocycles. The van der Waals surface area contributed by atoms with Gasteiger partial charge in [-0.15, -0.1) is 0 Å². The van der Waals surface area contributed by atoms with Gasteiger partial charge in [0.15, 0.2) is 0 Å². The van der Waals surface area contributed by atoms with Crippen molar-refractivity contribution in [2.24, 2.45) is 0 Å². The molecule has 17 heavy (non-hydrogen) atoms. The van der Waals surface area contributed by atoms with Gasteiger partial charge >= 0.3 is 0 Å². The molecule has 0 radical (unpaired) electrons. The molecule has 4 nitrogen and oxygen atoms in total. The molecule has 0 fully saturated rings. The molecule has 1 aromatic carbocycles. The van der Waals surface area contributed by atoms with E-state index in [4.69, 9.17) is 9.47 Å². The van der Waals surface area contributed by atoms with E-state index in [9.17, 15) is 0 Å². The smallest absolute Gasteiger partial charge is 0.121 e. The van der Waals surface area contributed by atoms with E-state index in [2.05, 4.69) is 9.97 Å². The van der Waals surface area contributed by atoms with Crippen molar-refractivity contribution in [2.75, 3.05) is 14.2 Å². The molecule has 0 atom stereocenters. The fraction of sp³-hybridized carbons (Fsp3) is 0.462. The minimum absolute atomic E-state index is 0.210. The van der Waals surface area contributed by atoms with Crippen LogP contribution < -0.4 is 4.74 Å². The maximum Gasteiger partial charge on any atom is 0.121 e. The third-order valence-electron chi connectivity index (χ3n) is 2.88. The zero-order chi connectivity index (χ0) is 12.5. The summed E-state index contributed by atoms with van der Waals surface area (Å²) in [6.07, 6.45) is 0.750. The monoisotopic (exact) mass is 234 g/mol. The van der Waals surface area contributed by atoms with E-state index >= 15 is 0 Å². The molecule has 92 valence electrons. The number of methoxy groups -OCH3 is 2. The van der Waals surface area contributed by atoms with Crippen molar-refractivity contribution < 1.29 is 9.47 Å². The first kappa shape index (κ1) is 11.9. The zero-order valence-electron chi connectivity index (χ0n) is 10.7. The van der Waals surface area contributed by atoms with Gasteiger partial charge in [-0.2, -0.15) is 0 Å². The standard InChI is InChI=1S/C13H18N2O2/c1-13(2,17-4)8-12-14-10-6-5-9(16-3)7-11(10)15-12/h5-7H,8H2,1-4H3,(H,14,15). The predicted octanol–water partition coefficient (Wildman–Crippen LogP) is 2.54. The normalized spacial score (nSPS) is 12.0. The van der Waals surface area contributed by atoms with Gasteiger partial charge in [-0.25, -0.2) is 4.98 Å². The number of benzene rings is 1. The Morgan fingerprint density at radius 2 is 2.06 bits per heavy atom. The summed E-state index contributed by atoms with van der Waals surface area (Å²) in [7, 11) is 3.37. The number of hydrogen-bond acceptors (Lipinski definition) is 3. The van der Waals surface area contributed by atoms with E-state index < -0.39 is 0 Å². The molecule has 0 saturated heterocycles. The summed E-state index contributed by atoms with van der Waals surface area (Å²) in [6, 6.07) is 5.81. The SMILES string of the molecule is COc1ccc2nc(CC(C)(C)OC)[nH]c2c1. The molecule has 1 aromatic heterocycles. The molecule has 2 aromatic rings. The van der Waals surface area contributed by atoms with Crippen LogP contribution in [0.3, 0.4) is 0 Å². The molecular formula is C13H18N2O2. The summed E-state index contributed by atoms with van der Waals surface area (Å²) in [5, 5.41) is 0. The first-order valence-electron chi connectivity index (χ1n) is 5.62. The molecule has 0 saturated carbocycles. The van der Waals surface area contributed by atoms with Gasteiger partial charge in [0, 0.05) is 19.6 Å². The van der Waals surface area contributed by atoms with E-state index in [1.165, 1.54) is 0 Å². The number of imidazole rings is 1. The van der Waals surface area contributed by atoms with Gasteiger partial charge in [0.05, 0.1) is 23.7 Å². The van der Waals surface area contributed by atoms with Crippen LogP contribution in [0.1, 0.15) is 19.7 Å². The van der Waals surface area contributed by atoms with Gasteiger partial charge in [0.2, 0.25) is 0 Å². The van der Waals surface area contributed by atoms with E-state index in [1.54, 1.807) is 14.2 Å². The van der Waals surface area contributed by atoms with E-state index in [1.807, 2.05) is 32.0 Å². The largest absolute Gasteiger partial charge is 0.497 e. The fourth-order valence-corrected chi connectivity index (χ4v) is 1.73. The molecule has 0 aliphatic heterocycles. The van der Waals surface area contributed by atoms with Crippen LogP contribution in [-0.2, 0) is 11.2 Å². The van der Waals surface area contributed by atoms with Crippen molar-refractivity contribution in [3.63, 3.8) is 0 Å². The zero-order valence-corrected chi connectivity index (χ0v) is 10.7. The maximum atomic E-state index is 5.40. The highest BCUT2D eigenvalue weighted by Gasteiger charge is 2.19. The third kappa shape index (κ3) is 2.58. The molecule has 1 N–H and O–H groups in total. The Bertz CT molecular complexity index is 517. The Morgan fingerprint density at radius 1 is 1.29 bits per heavy atom. The molecule has 0 bridgehead atoms. The highest BCUT2D eigenvalue weighted by atomic mass is 16.5. The number of ether oxygens (including phenoxy) is 2. The number of fused-ring (bicyclic) bond motifs is 1. The summed E-state index contributed by atoms with van der Waals surface area (Å²) in [4.78, 5) is 7.82. The second-order valence-electron chi connectivity index (χ2n) is 4.71. The van der Waals surface area contributed by atoms with Gasteiger partial charge in [0.25, 0.3) is 0 Å². The minimum atomic E-state index is -0.210. The van der Waals surface area contributed by atoms with Crippen molar-refractivity contribution in [2.45, 2.75) is 25.9 Å². The average Bonchev–Trinajstić information content (AvgIpc) is 2.68. The summed E-state index contributed by atoms with van der Waals surface area (Å²) >= 11 is 0. The van der Waals surface area contributed by atoms with Crippen molar-refractivity contribution in [1.29, 1.82) is 0 Å². The molecule has 0 spiro atoms. The van der Waals surface area contributed by atoms with E-state index in [-0.39, 0.29) is 5.60 Å². The van der Waals surface area contributed by atoms with Crippen molar-refractivity contribution >= 4 is 11.0 Å². The van der Waals surface area contributed by atoms with Gasteiger partial charge in [-0.05, 0) is 26.0 Å². The van der Waals surface area contributed by atoms with E-state index in [0.717, 1.165) is 29.0 Å². The van der Waals surface area contributed by atoms with Crippen molar-refractivity contribution in [1.82, 2.24) is 9.97 Å². The van der Waals surface area contributed by atoms with Crippen LogP contribution in [0.5, 0.6) is 5.75 Å². The minimum Gasteiger partial charge on any atom is -0.497 e. The second-order valence-corrected chi connectivity index (χ2v) is 4.71. The predicted molar refractivity (Wildman–Crippen MR) is 67.4 cm³/mol. The number of H-pyrrole nitrogens is 1. The van der Waals surface area contributed by atoms with E-state index in [0.29, 0.717) is 0 Å².